The van der Waals surface area contributed by atoms with Gasteiger partial charge in [-0.25, -0.2) is 4.98 Å². The normalized spacial score (nSPS) is 10.4. The fourth-order valence-corrected chi connectivity index (χ4v) is 3.64. The lowest BCUT2D eigenvalue weighted by molar-refractivity contribution is -0.118. The Hall–Kier alpha value is -0.850. The van der Waals surface area contributed by atoms with Gasteiger partial charge in [0.1, 0.15) is 5.01 Å². The Morgan fingerprint density at radius 2 is 2.41 bits per heavy atom. The molecule has 0 unspecified atom stereocenters. The molecule has 0 fully saturated rings. The number of thiophene rings is 1. The number of thiazole rings is 1. The minimum absolute atomic E-state index is 0.0586. The predicted molar refractivity (Wildman–Crippen MR) is 75.7 cm³/mol. The average molecular weight is 284 g/mol. The highest BCUT2D eigenvalue weighted by atomic mass is 32.2. The van der Waals surface area contributed by atoms with Crippen molar-refractivity contribution in [2.24, 2.45) is 0 Å². The van der Waals surface area contributed by atoms with E-state index in [0.717, 1.165) is 16.5 Å². The van der Waals surface area contributed by atoms with Crippen LogP contribution in [0, 0.1) is 0 Å². The highest BCUT2D eigenvalue weighted by molar-refractivity contribution is 7.99. The molecule has 2 aromatic rings. The van der Waals surface area contributed by atoms with Crippen molar-refractivity contribution in [3.8, 4) is 10.6 Å². The molecule has 17 heavy (non-hydrogen) atoms. The molecular weight excluding hydrogens is 272 g/mol. The van der Waals surface area contributed by atoms with Gasteiger partial charge in [-0.05, 0) is 11.4 Å². The van der Waals surface area contributed by atoms with E-state index < -0.39 is 0 Å². The number of hydrogen-bond donors (Lipinski definition) is 1. The largest absolute Gasteiger partial charge is 0.358 e. The molecule has 2 aromatic heterocycles. The first kappa shape index (κ1) is 12.6. The number of rotatable bonds is 5. The summed E-state index contributed by atoms with van der Waals surface area (Å²) >= 11 is 4.91. The maximum absolute atomic E-state index is 11.0. The van der Waals surface area contributed by atoms with Gasteiger partial charge < -0.3 is 5.32 Å². The second-order valence-corrected chi connectivity index (χ2v) is 5.95. The fraction of sp³-hybridized carbons (Fsp3) is 0.273. The number of aromatic nitrogens is 1. The van der Waals surface area contributed by atoms with Crippen LogP contribution in [0.3, 0.4) is 0 Å². The zero-order valence-corrected chi connectivity index (χ0v) is 11.8. The Morgan fingerprint density at radius 3 is 3.12 bits per heavy atom. The van der Waals surface area contributed by atoms with Crippen molar-refractivity contribution in [2.75, 3.05) is 12.8 Å². The van der Waals surface area contributed by atoms with E-state index in [1.54, 1.807) is 41.5 Å². The zero-order chi connectivity index (χ0) is 12.1. The predicted octanol–water partition coefficient (Wildman–Crippen LogP) is 2.85. The van der Waals surface area contributed by atoms with Crippen molar-refractivity contribution in [1.82, 2.24) is 10.3 Å². The van der Waals surface area contributed by atoms with Gasteiger partial charge in [0, 0.05) is 29.1 Å². The van der Waals surface area contributed by atoms with Crippen LogP contribution in [0.5, 0.6) is 0 Å². The number of nitrogens with one attached hydrogen (secondary N) is 1. The quantitative estimate of drug-likeness (QED) is 0.918. The Balaban J connectivity index is 1.89. The van der Waals surface area contributed by atoms with Crippen LogP contribution in [-0.4, -0.2) is 23.7 Å². The van der Waals surface area contributed by atoms with Crippen molar-refractivity contribution < 1.29 is 4.79 Å². The minimum Gasteiger partial charge on any atom is -0.358 e. The second kappa shape index (κ2) is 6.18. The Morgan fingerprint density at radius 1 is 1.53 bits per heavy atom. The van der Waals surface area contributed by atoms with E-state index in [4.69, 9.17) is 0 Å². The first-order chi connectivity index (χ1) is 8.29. The Labute approximate surface area is 112 Å². The Bertz CT molecular complexity index is 479. The molecule has 0 aromatic carbocycles. The summed E-state index contributed by atoms with van der Waals surface area (Å²) < 4.78 is 0. The summed E-state index contributed by atoms with van der Waals surface area (Å²) in [5.41, 5.74) is 2.23. The van der Waals surface area contributed by atoms with Gasteiger partial charge >= 0.3 is 0 Å². The summed E-state index contributed by atoms with van der Waals surface area (Å²) in [4.78, 5) is 15.6. The third kappa shape index (κ3) is 3.55. The van der Waals surface area contributed by atoms with E-state index in [-0.39, 0.29) is 5.91 Å². The molecule has 2 heterocycles. The van der Waals surface area contributed by atoms with Crippen molar-refractivity contribution in [2.45, 2.75) is 5.75 Å². The van der Waals surface area contributed by atoms with Gasteiger partial charge in [0.15, 0.2) is 0 Å². The minimum atomic E-state index is 0.0586. The number of nitrogens with zero attached hydrogens (tertiary/aromatic N) is 1. The highest BCUT2D eigenvalue weighted by Gasteiger charge is 2.06. The third-order valence-corrected chi connectivity index (χ3v) is 4.67. The summed E-state index contributed by atoms with van der Waals surface area (Å²) in [5, 5.41) is 9.87. The number of carbonyl (C=O) groups is 1. The molecule has 1 amide bonds. The van der Waals surface area contributed by atoms with Gasteiger partial charge in [0.25, 0.3) is 0 Å². The van der Waals surface area contributed by atoms with E-state index in [1.165, 1.54) is 5.56 Å². The summed E-state index contributed by atoms with van der Waals surface area (Å²) in [6.45, 7) is 0. The fourth-order valence-electron chi connectivity index (χ4n) is 1.21. The monoisotopic (exact) mass is 284 g/mol. The van der Waals surface area contributed by atoms with Crippen molar-refractivity contribution in [3.05, 3.63) is 27.9 Å². The molecule has 2 rings (SSSR count). The third-order valence-electron chi connectivity index (χ3n) is 2.08. The van der Waals surface area contributed by atoms with E-state index in [2.05, 4.69) is 32.5 Å². The highest BCUT2D eigenvalue weighted by Crippen LogP contribution is 2.26. The van der Waals surface area contributed by atoms with Crippen LogP contribution in [0.25, 0.3) is 10.6 Å². The van der Waals surface area contributed by atoms with E-state index in [0.29, 0.717) is 5.75 Å². The van der Waals surface area contributed by atoms with Crippen LogP contribution in [0.15, 0.2) is 22.2 Å². The Kier molecular flexibility index (Phi) is 4.58. The molecule has 0 saturated carbocycles. The molecule has 0 bridgehead atoms. The summed E-state index contributed by atoms with van der Waals surface area (Å²) in [6, 6.07) is 2.07. The van der Waals surface area contributed by atoms with Crippen LogP contribution in [0.2, 0.25) is 0 Å². The van der Waals surface area contributed by atoms with Crippen molar-refractivity contribution in [1.29, 1.82) is 0 Å². The number of thioether (sulfide) groups is 1. The molecule has 6 heteroatoms. The van der Waals surface area contributed by atoms with Crippen LogP contribution in [0.1, 0.15) is 5.69 Å². The number of amides is 1. The van der Waals surface area contributed by atoms with Gasteiger partial charge in [-0.15, -0.1) is 23.1 Å². The van der Waals surface area contributed by atoms with Gasteiger partial charge in [0.05, 0.1) is 11.4 Å². The maximum Gasteiger partial charge on any atom is 0.229 e. The molecule has 1 N–H and O–H groups in total. The number of carbonyl (C=O) groups excluding carboxylic acids is 1. The summed E-state index contributed by atoms with van der Waals surface area (Å²) in [5.74, 6) is 1.33. The molecule has 90 valence electrons. The van der Waals surface area contributed by atoms with Crippen LogP contribution in [-0.2, 0) is 10.5 Å². The topological polar surface area (TPSA) is 42.0 Å². The lowest BCUT2D eigenvalue weighted by Crippen LogP contribution is -2.19. The van der Waals surface area contributed by atoms with Gasteiger partial charge in [-0.1, -0.05) is 0 Å². The van der Waals surface area contributed by atoms with Crippen LogP contribution >= 0.6 is 34.4 Å². The lowest BCUT2D eigenvalue weighted by atomic mass is 10.4. The molecule has 0 radical (unpaired) electrons. The molecule has 3 nitrogen and oxygen atoms in total. The van der Waals surface area contributed by atoms with E-state index in [1.807, 2.05) is 0 Å². The van der Waals surface area contributed by atoms with E-state index in [9.17, 15) is 4.79 Å². The first-order valence-corrected chi connectivity index (χ1v) is 8.02. The second-order valence-electron chi connectivity index (χ2n) is 3.32. The molecular formula is C11H12N2OS3. The molecule has 0 aliphatic heterocycles. The standard InChI is InChI=1S/C11H12N2OS3/c1-12-10(14)7-16-5-9-6-17-11(13-9)8-2-3-15-4-8/h2-4,6H,5,7H2,1H3,(H,12,14). The molecule has 0 aliphatic carbocycles. The maximum atomic E-state index is 11.0. The van der Waals surface area contributed by atoms with Gasteiger partial charge in [-0.3, -0.25) is 4.79 Å². The smallest absolute Gasteiger partial charge is 0.229 e. The SMILES string of the molecule is CNC(=O)CSCc1csc(-c2ccsc2)n1. The molecule has 0 spiro atoms. The van der Waals surface area contributed by atoms with E-state index >= 15 is 0 Å². The van der Waals surface area contributed by atoms with Crippen LogP contribution < -0.4 is 5.32 Å². The van der Waals surface area contributed by atoms with Gasteiger partial charge in [0.2, 0.25) is 5.91 Å². The van der Waals surface area contributed by atoms with Crippen LogP contribution in [0.4, 0.5) is 0 Å². The van der Waals surface area contributed by atoms with Crippen molar-refractivity contribution >= 4 is 40.3 Å². The summed E-state index contributed by atoms with van der Waals surface area (Å²) in [7, 11) is 1.65. The molecule has 0 aliphatic rings. The molecule has 0 atom stereocenters. The number of hydrogen-bond acceptors (Lipinski definition) is 5. The molecule has 0 saturated heterocycles. The van der Waals surface area contributed by atoms with Gasteiger partial charge in [-0.2, -0.15) is 11.3 Å². The lowest BCUT2D eigenvalue weighted by Gasteiger charge is -1.97. The summed E-state index contributed by atoms with van der Waals surface area (Å²) in [6.07, 6.45) is 0. The zero-order valence-electron chi connectivity index (χ0n) is 9.30. The van der Waals surface area contributed by atoms with Crippen molar-refractivity contribution in [3.63, 3.8) is 0 Å². The average Bonchev–Trinajstić information content (AvgIpc) is 2.98. The first-order valence-electron chi connectivity index (χ1n) is 5.05.